The lowest BCUT2D eigenvalue weighted by atomic mass is 10.0. The quantitative estimate of drug-likeness (QED) is 0.386. The van der Waals surface area contributed by atoms with Crippen molar-refractivity contribution in [2.45, 2.75) is 51.8 Å². The first kappa shape index (κ1) is 20.4. The standard InChI is InChI=1S/C17H28NO6/c1-7-8-18(5,6)9-10-21-17-16(24-14(4)20)11-15(12(2)22-17)23-13(3)19/h1,12,15-17H,8-11H2,2-6H3/q+1/t12-,15?,16+,17?/m0/s1. The number of ether oxygens (including phenoxy) is 4. The molecule has 1 aliphatic rings. The van der Waals surface area contributed by atoms with Crippen LogP contribution in [0.15, 0.2) is 0 Å². The van der Waals surface area contributed by atoms with Crippen LogP contribution in [-0.2, 0) is 28.5 Å². The lowest BCUT2D eigenvalue weighted by molar-refractivity contribution is -0.883. The number of rotatable bonds is 7. The van der Waals surface area contributed by atoms with Crippen LogP contribution in [0, 0.1) is 12.3 Å². The molecule has 0 N–H and O–H groups in total. The van der Waals surface area contributed by atoms with Gasteiger partial charge in [0.2, 0.25) is 0 Å². The first-order valence-corrected chi connectivity index (χ1v) is 8.01. The molecule has 0 bridgehead atoms. The lowest BCUT2D eigenvalue weighted by Crippen LogP contribution is -2.51. The predicted octanol–water partition coefficient (Wildman–Crippen LogP) is 0.711. The number of hydrogen-bond donors (Lipinski definition) is 0. The third kappa shape index (κ3) is 6.87. The average Bonchev–Trinajstić information content (AvgIpc) is 2.42. The van der Waals surface area contributed by atoms with E-state index in [0.29, 0.717) is 30.6 Å². The summed E-state index contributed by atoms with van der Waals surface area (Å²) >= 11 is 0. The van der Waals surface area contributed by atoms with Crippen molar-refractivity contribution in [3.05, 3.63) is 0 Å². The Balaban J connectivity index is 2.64. The third-order valence-electron chi connectivity index (χ3n) is 3.77. The highest BCUT2D eigenvalue weighted by atomic mass is 16.7. The van der Waals surface area contributed by atoms with E-state index in [1.165, 1.54) is 13.8 Å². The smallest absolute Gasteiger partial charge is 0.303 e. The van der Waals surface area contributed by atoms with Gasteiger partial charge in [0, 0.05) is 20.3 Å². The first-order valence-electron chi connectivity index (χ1n) is 8.01. The van der Waals surface area contributed by atoms with Crippen molar-refractivity contribution in [2.75, 3.05) is 33.8 Å². The van der Waals surface area contributed by atoms with Crippen molar-refractivity contribution in [3.63, 3.8) is 0 Å². The van der Waals surface area contributed by atoms with Gasteiger partial charge < -0.3 is 23.4 Å². The van der Waals surface area contributed by atoms with Gasteiger partial charge in [-0.15, -0.1) is 6.42 Å². The van der Waals surface area contributed by atoms with E-state index in [1.807, 2.05) is 14.1 Å². The van der Waals surface area contributed by atoms with Gasteiger partial charge >= 0.3 is 11.9 Å². The first-order chi connectivity index (χ1) is 11.1. The Bertz CT molecular complexity index is 484. The van der Waals surface area contributed by atoms with Crippen LogP contribution in [0.5, 0.6) is 0 Å². The molecule has 24 heavy (non-hydrogen) atoms. The van der Waals surface area contributed by atoms with Gasteiger partial charge in [0.25, 0.3) is 0 Å². The molecule has 0 aromatic heterocycles. The highest BCUT2D eigenvalue weighted by molar-refractivity contribution is 5.66. The third-order valence-corrected chi connectivity index (χ3v) is 3.77. The number of esters is 2. The molecule has 0 aliphatic carbocycles. The Morgan fingerprint density at radius 1 is 1.21 bits per heavy atom. The van der Waals surface area contributed by atoms with E-state index in [2.05, 4.69) is 5.92 Å². The van der Waals surface area contributed by atoms with Crippen molar-refractivity contribution < 1.29 is 33.0 Å². The van der Waals surface area contributed by atoms with Crippen molar-refractivity contribution >= 4 is 11.9 Å². The molecule has 1 saturated heterocycles. The molecule has 0 saturated carbocycles. The number of carbonyl (C=O) groups excluding carboxylic acids is 2. The van der Waals surface area contributed by atoms with E-state index in [0.717, 1.165) is 0 Å². The number of carbonyl (C=O) groups is 2. The van der Waals surface area contributed by atoms with Crippen LogP contribution in [0.25, 0.3) is 0 Å². The Morgan fingerprint density at radius 2 is 1.79 bits per heavy atom. The van der Waals surface area contributed by atoms with Crippen molar-refractivity contribution in [2.24, 2.45) is 0 Å². The molecule has 4 atom stereocenters. The SMILES string of the molecule is C#CC[N+](C)(C)CCOC1O[C@@H](C)C(OC(C)=O)C[C@H]1OC(C)=O. The van der Waals surface area contributed by atoms with Crippen LogP contribution >= 0.6 is 0 Å². The molecule has 0 aromatic rings. The zero-order valence-corrected chi connectivity index (χ0v) is 15.1. The average molecular weight is 342 g/mol. The van der Waals surface area contributed by atoms with Crippen LogP contribution in [0.1, 0.15) is 27.2 Å². The second-order valence-corrected chi connectivity index (χ2v) is 6.63. The summed E-state index contributed by atoms with van der Waals surface area (Å²) in [6, 6.07) is 0. The summed E-state index contributed by atoms with van der Waals surface area (Å²) in [5.41, 5.74) is 0. The fourth-order valence-electron chi connectivity index (χ4n) is 2.48. The molecule has 1 aliphatic heterocycles. The summed E-state index contributed by atoms with van der Waals surface area (Å²) in [6.07, 6.45) is 3.56. The van der Waals surface area contributed by atoms with Gasteiger partial charge in [-0.05, 0) is 12.8 Å². The maximum Gasteiger partial charge on any atom is 0.303 e. The van der Waals surface area contributed by atoms with Crippen LogP contribution in [0.2, 0.25) is 0 Å². The van der Waals surface area contributed by atoms with E-state index in [1.54, 1.807) is 6.92 Å². The molecular weight excluding hydrogens is 314 g/mol. The Hall–Kier alpha value is -1.62. The predicted molar refractivity (Wildman–Crippen MR) is 86.7 cm³/mol. The number of hydrogen-bond acceptors (Lipinski definition) is 6. The van der Waals surface area contributed by atoms with Gasteiger partial charge in [-0.3, -0.25) is 9.59 Å². The normalized spacial score (nSPS) is 27.2. The highest BCUT2D eigenvalue weighted by Gasteiger charge is 2.40. The van der Waals surface area contributed by atoms with Gasteiger partial charge in [0.15, 0.2) is 12.4 Å². The van der Waals surface area contributed by atoms with E-state index < -0.39 is 30.4 Å². The molecule has 1 rings (SSSR count). The Labute approximate surface area is 143 Å². The fraction of sp³-hybridized carbons (Fsp3) is 0.765. The van der Waals surface area contributed by atoms with Gasteiger partial charge in [0.1, 0.15) is 19.2 Å². The van der Waals surface area contributed by atoms with Crippen LogP contribution in [-0.4, -0.2) is 74.8 Å². The zero-order chi connectivity index (χ0) is 18.3. The van der Waals surface area contributed by atoms with E-state index in [4.69, 9.17) is 25.4 Å². The van der Waals surface area contributed by atoms with E-state index in [-0.39, 0.29) is 6.10 Å². The molecule has 136 valence electrons. The number of nitrogens with zero attached hydrogens (tertiary/aromatic N) is 1. The highest BCUT2D eigenvalue weighted by Crippen LogP contribution is 2.26. The summed E-state index contributed by atoms with van der Waals surface area (Å²) in [5.74, 6) is 1.80. The maximum absolute atomic E-state index is 11.3. The minimum absolute atomic E-state index is 0.341. The number of quaternary nitrogens is 1. The van der Waals surface area contributed by atoms with Crippen molar-refractivity contribution in [1.82, 2.24) is 0 Å². The molecule has 0 spiro atoms. The van der Waals surface area contributed by atoms with Crippen LogP contribution in [0.4, 0.5) is 0 Å². The topological polar surface area (TPSA) is 71.1 Å². The summed E-state index contributed by atoms with van der Waals surface area (Å²) in [6.45, 7) is 6.14. The van der Waals surface area contributed by atoms with Crippen molar-refractivity contribution in [3.8, 4) is 12.3 Å². The van der Waals surface area contributed by atoms with Crippen LogP contribution < -0.4 is 0 Å². The fourth-order valence-corrected chi connectivity index (χ4v) is 2.48. The van der Waals surface area contributed by atoms with E-state index >= 15 is 0 Å². The molecule has 0 amide bonds. The second kappa shape index (κ2) is 9.02. The largest absolute Gasteiger partial charge is 0.460 e. The van der Waals surface area contributed by atoms with Gasteiger partial charge in [-0.25, -0.2) is 0 Å². The summed E-state index contributed by atoms with van der Waals surface area (Å²) in [7, 11) is 4.02. The molecular formula is C17H28NO6+. The Morgan fingerprint density at radius 3 is 2.33 bits per heavy atom. The molecule has 1 fully saturated rings. The Kier molecular flexibility index (Phi) is 7.67. The summed E-state index contributed by atoms with van der Waals surface area (Å²) < 4.78 is 22.7. The summed E-state index contributed by atoms with van der Waals surface area (Å²) in [5, 5.41) is 0. The summed E-state index contributed by atoms with van der Waals surface area (Å²) in [4.78, 5) is 22.5. The van der Waals surface area contributed by atoms with Gasteiger partial charge in [-0.2, -0.15) is 0 Å². The minimum Gasteiger partial charge on any atom is -0.460 e. The molecule has 2 unspecified atom stereocenters. The lowest BCUT2D eigenvalue weighted by Gasteiger charge is -2.39. The minimum atomic E-state index is -0.693. The van der Waals surface area contributed by atoms with Gasteiger partial charge in [0.05, 0.1) is 26.8 Å². The molecule has 0 radical (unpaired) electrons. The monoisotopic (exact) mass is 342 g/mol. The molecule has 7 heteroatoms. The van der Waals surface area contributed by atoms with E-state index in [9.17, 15) is 9.59 Å². The van der Waals surface area contributed by atoms with Crippen molar-refractivity contribution in [1.29, 1.82) is 0 Å². The molecule has 0 aromatic carbocycles. The number of likely N-dealkylation sites (N-methyl/N-ethyl adjacent to an activating group) is 1. The zero-order valence-electron chi connectivity index (χ0n) is 15.1. The van der Waals surface area contributed by atoms with Gasteiger partial charge in [-0.1, -0.05) is 0 Å². The molecule has 1 heterocycles. The maximum atomic E-state index is 11.3. The van der Waals surface area contributed by atoms with Crippen LogP contribution in [0.3, 0.4) is 0 Å². The number of terminal acetylenes is 1. The second-order valence-electron chi connectivity index (χ2n) is 6.63. The molecule has 7 nitrogen and oxygen atoms in total.